The summed E-state index contributed by atoms with van der Waals surface area (Å²) in [4.78, 5) is 11.8. The average Bonchev–Trinajstić information content (AvgIpc) is 3.42. The van der Waals surface area contributed by atoms with Gasteiger partial charge in [0.2, 0.25) is 0 Å². The predicted octanol–water partition coefficient (Wildman–Crippen LogP) is 2.04. The maximum atomic E-state index is 12.4. The Balaban J connectivity index is 1.24. The summed E-state index contributed by atoms with van der Waals surface area (Å²) in [5.74, 6) is -0.372. The summed E-state index contributed by atoms with van der Waals surface area (Å²) in [6, 6.07) is 0. The van der Waals surface area contributed by atoms with Crippen LogP contribution in [0, 0.1) is 28.6 Å². The number of nitrogens with zero attached hydrogens (tertiary/aromatic N) is 1. The number of hydrogen-bond acceptors (Lipinski definition) is 10. The van der Waals surface area contributed by atoms with E-state index in [2.05, 4.69) is 12.1 Å². The molecule has 0 aromatic carbocycles. The Morgan fingerprint density at radius 1 is 1.08 bits per heavy atom. The third-order valence-corrected chi connectivity index (χ3v) is 11.9. The zero-order chi connectivity index (χ0) is 27.8. The molecule has 0 bridgehead atoms. The van der Waals surface area contributed by atoms with Gasteiger partial charge in [0.25, 0.3) is 0 Å². The van der Waals surface area contributed by atoms with Gasteiger partial charge in [0.05, 0.1) is 35.7 Å². The molecule has 4 saturated carbocycles. The first kappa shape index (κ1) is 27.6. The Bertz CT molecular complexity index is 1040. The van der Waals surface area contributed by atoms with Crippen molar-refractivity contribution in [2.75, 3.05) is 6.61 Å². The maximum Gasteiger partial charge on any atom is 0.331 e. The second kappa shape index (κ2) is 9.49. The molecule has 4 unspecified atom stereocenters. The van der Waals surface area contributed by atoms with E-state index < -0.39 is 46.6 Å². The molecule has 218 valence electrons. The van der Waals surface area contributed by atoms with E-state index in [1.54, 1.807) is 13.0 Å². The summed E-state index contributed by atoms with van der Waals surface area (Å²) in [6.07, 6.45) is 5.36. The molecule has 2 heterocycles. The Labute approximate surface area is 229 Å². The minimum absolute atomic E-state index is 0.0664. The smallest absolute Gasteiger partial charge is 0.331 e. The normalized spacial score (nSPS) is 53.6. The van der Waals surface area contributed by atoms with Crippen molar-refractivity contribution in [3.8, 4) is 0 Å². The van der Waals surface area contributed by atoms with Gasteiger partial charge >= 0.3 is 5.97 Å². The first-order valence-corrected chi connectivity index (χ1v) is 14.6. The second-order valence-corrected chi connectivity index (χ2v) is 13.4. The van der Waals surface area contributed by atoms with Crippen LogP contribution in [0.15, 0.2) is 16.8 Å². The molecule has 1 saturated heterocycles. The number of rotatable bonds is 4. The molecule has 5 fully saturated rings. The van der Waals surface area contributed by atoms with Crippen LogP contribution in [-0.2, 0) is 19.0 Å². The van der Waals surface area contributed by atoms with Crippen LogP contribution in [0.3, 0.4) is 0 Å². The van der Waals surface area contributed by atoms with Crippen molar-refractivity contribution in [3.63, 3.8) is 0 Å². The van der Waals surface area contributed by atoms with Crippen molar-refractivity contribution in [1.29, 1.82) is 0 Å². The molecule has 39 heavy (non-hydrogen) atoms. The van der Waals surface area contributed by atoms with Gasteiger partial charge in [-0.3, -0.25) is 0 Å². The van der Waals surface area contributed by atoms with Crippen LogP contribution >= 0.6 is 0 Å². The molecular formula is C29H43NO9. The van der Waals surface area contributed by atoms with E-state index in [9.17, 15) is 30.4 Å². The van der Waals surface area contributed by atoms with Gasteiger partial charge in [-0.05, 0) is 81.6 Å². The molecule has 12 atom stereocenters. The van der Waals surface area contributed by atoms with Gasteiger partial charge in [-0.15, -0.1) is 5.16 Å². The lowest BCUT2D eigenvalue weighted by Crippen LogP contribution is -2.69. The van der Waals surface area contributed by atoms with Gasteiger partial charge < -0.3 is 39.8 Å². The third kappa shape index (κ3) is 3.96. The molecule has 10 heteroatoms. The number of aliphatic hydroxyl groups is 4. The van der Waals surface area contributed by atoms with Gasteiger partial charge in [0.1, 0.15) is 12.7 Å². The minimum atomic E-state index is -1.18. The minimum Gasteiger partial charge on any atom is -0.458 e. The lowest BCUT2D eigenvalue weighted by atomic mass is 9.41. The van der Waals surface area contributed by atoms with Crippen molar-refractivity contribution in [2.24, 2.45) is 33.7 Å². The van der Waals surface area contributed by atoms with Crippen molar-refractivity contribution < 1.29 is 44.6 Å². The summed E-state index contributed by atoms with van der Waals surface area (Å²) >= 11 is 0. The standard InChI is InChI=1S/C29H43NO9/c1-16-25(33)22(31)12-24(38-16)39-18-3-8-27(15-30-36)20-4-7-26(2)19(17-11-23(32)37-14-17)6-10-29(26,35)21(20)5-9-28(27,34)13-18/h11,15-16,18-22,24-25,31,33-36H,3-10,12-14H2,1-2H3/b30-15+/t16?,18-,19+,20-,21+,22?,24?,25?,26+,27-,28-,29-/m0/s1. The highest BCUT2D eigenvalue weighted by Gasteiger charge is 2.71. The van der Waals surface area contributed by atoms with Crippen molar-refractivity contribution in [2.45, 2.75) is 120 Å². The third-order valence-electron chi connectivity index (χ3n) is 11.9. The molecule has 0 spiro atoms. The zero-order valence-electron chi connectivity index (χ0n) is 22.9. The summed E-state index contributed by atoms with van der Waals surface area (Å²) in [5, 5.41) is 58.2. The molecule has 0 radical (unpaired) electrons. The quantitative estimate of drug-likeness (QED) is 0.116. The fourth-order valence-corrected chi connectivity index (χ4v) is 9.89. The van der Waals surface area contributed by atoms with Crippen LogP contribution in [0.5, 0.6) is 0 Å². The molecule has 6 rings (SSSR count). The Morgan fingerprint density at radius 3 is 2.54 bits per heavy atom. The second-order valence-electron chi connectivity index (χ2n) is 13.4. The number of cyclic esters (lactones) is 1. The van der Waals surface area contributed by atoms with E-state index in [-0.39, 0.29) is 36.2 Å². The molecule has 10 nitrogen and oxygen atoms in total. The molecule has 0 aromatic rings. The number of ether oxygens (including phenoxy) is 3. The number of carbonyl (C=O) groups excluding carboxylic acids is 1. The number of aliphatic hydroxyl groups excluding tert-OH is 2. The molecule has 4 aliphatic carbocycles. The first-order valence-electron chi connectivity index (χ1n) is 14.6. The van der Waals surface area contributed by atoms with Gasteiger partial charge in [-0.2, -0.15) is 0 Å². The number of fused-ring (bicyclic) bond motifs is 5. The number of esters is 1. The lowest BCUT2D eigenvalue weighted by molar-refractivity contribution is -0.282. The van der Waals surface area contributed by atoms with E-state index in [0.29, 0.717) is 45.1 Å². The fraction of sp³-hybridized carbons (Fsp3) is 0.862. The molecule has 0 amide bonds. The predicted molar refractivity (Wildman–Crippen MR) is 138 cm³/mol. The number of hydrogen-bond donors (Lipinski definition) is 5. The van der Waals surface area contributed by atoms with E-state index >= 15 is 0 Å². The first-order chi connectivity index (χ1) is 18.5. The molecular weight excluding hydrogens is 506 g/mol. The molecule has 5 N–H and O–H groups in total. The number of oxime groups is 1. The summed E-state index contributed by atoms with van der Waals surface area (Å²) in [7, 11) is 0. The van der Waals surface area contributed by atoms with Crippen molar-refractivity contribution in [1.82, 2.24) is 0 Å². The Kier molecular flexibility index (Phi) is 6.72. The van der Waals surface area contributed by atoms with E-state index in [1.807, 2.05) is 0 Å². The monoisotopic (exact) mass is 549 g/mol. The average molecular weight is 550 g/mol. The molecule has 2 aliphatic heterocycles. The fourth-order valence-electron chi connectivity index (χ4n) is 9.89. The van der Waals surface area contributed by atoms with Crippen molar-refractivity contribution >= 4 is 12.2 Å². The summed E-state index contributed by atoms with van der Waals surface area (Å²) in [6.45, 7) is 4.15. The van der Waals surface area contributed by atoms with Crippen LogP contribution < -0.4 is 0 Å². The van der Waals surface area contributed by atoms with Gasteiger partial charge in [0, 0.05) is 29.7 Å². The highest BCUT2D eigenvalue weighted by atomic mass is 16.7. The molecule has 6 aliphatic rings. The van der Waals surface area contributed by atoms with E-state index in [0.717, 1.165) is 24.8 Å². The SMILES string of the molecule is CC1OC(O[C@H]2CC[C@]3(/C=N/O)[C@H]4CC[C@]5(C)[C@@H](C6=CC(=O)OC6)CC[C@]5(O)[C@@H]4CC[C@]3(O)C2)CC(O)C1O. The van der Waals surface area contributed by atoms with Gasteiger partial charge in [-0.25, -0.2) is 4.79 Å². The van der Waals surface area contributed by atoms with Crippen molar-refractivity contribution in [3.05, 3.63) is 11.6 Å². The zero-order valence-corrected chi connectivity index (χ0v) is 22.9. The number of carbonyl (C=O) groups is 1. The lowest BCUT2D eigenvalue weighted by Gasteiger charge is -2.65. The van der Waals surface area contributed by atoms with E-state index in [4.69, 9.17) is 14.2 Å². The Morgan fingerprint density at radius 2 is 1.85 bits per heavy atom. The topological polar surface area (TPSA) is 158 Å². The summed E-state index contributed by atoms with van der Waals surface area (Å²) in [5.41, 5.74) is -2.37. The highest BCUT2D eigenvalue weighted by Crippen LogP contribution is 2.70. The van der Waals surface area contributed by atoms with Crippen LogP contribution in [0.4, 0.5) is 0 Å². The van der Waals surface area contributed by atoms with Gasteiger partial charge in [-0.1, -0.05) is 6.92 Å². The van der Waals surface area contributed by atoms with Gasteiger partial charge in [0.15, 0.2) is 6.29 Å². The van der Waals surface area contributed by atoms with E-state index in [1.165, 1.54) is 6.21 Å². The van der Waals surface area contributed by atoms with Crippen LogP contribution in [0.25, 0.3) is 0 Å². The highest BCUT2D eigenvalue weighted by molar-refractivity contribution is 5.85. The summed E-state index contributed by atoms with van der Waals surface area (Å²) < 4.78 is 17.2. The largest absolute Gasteiger partial charge is 0.458 e. The van der Waals surface area contributed by atoms with Crippen LogP contribution in [0.2, 0.25) is 0 Å². The molecule has 0 aromatic heterocycles. The van der Waals surface area contributed by atoms with Crippen LogP contribution in [0.1, 0.15) is 78.1 Å². The van der Waals surface area contributed by atoms with Crippen LogP contribution in [-0.4, -0.2) is 86.3 Å². The Hall–Kier alpha value is -1.56. The maximum absolute atomic E-state index is 12.4.